The minimum atomic E-state index is -1.35. The SMILES string of the molecule is COc1cc2c(cc1O)CCN[C@]21CS[C@@H]2c3c(OC(C)=O)c(C)c4c(c3[C@H](COC1=O)N1C2C2c3c(cc(C)c(OC)c3O)C3C([C@@H]1C#N)N32)OCO4. The third-order valence-corrected chi connectivity index (χ3v) is 14.0. The Bertz CT molecular complexity index is 2260. The first-order valence-electron chi connectivity index (χ1n) is 18.0. The highest BCUT2D eigenvalue weighted by Gasteiger charge is 2.73. The highest BCUT2D eigenvalue weighted by atomic mass is 32.2. The molecule has 15 heteroatoms. The van der Waals surface area contributed by atoms with Gasteiger partial charge < -0.3 is 38.6 Å². The number of hydrogen-bond acceptors (Lipinski definition) is 15. The number of rotatable bonds is 3. The number of hydrogen-bond donors (Lipinski definition) is 3. The van der Waals surface area contributed by atoms with E-state index in [2.05, 4.69) is 27.3 Å². The van der Waals surface area contributed by atoms with Crippen LogP contribution in [0, 0.1) is 25.2 Å². The maximum absolute atomic E-state index is 14.7. The van der Waals surface area contributed by atoms with E-state index in [-0.39, 0.29) is 48.5 Å². The molecule has 5 unspecified atom stereocenters. The number of aryl methyl sites for hydroxylation is 1. The number of phenolic OH excluding ortho intramolecular Hbond substituents is 2. The number of benzene rings is 3. The molecule has 3 aromatic carbocycles. The predicted molar refractivity (Wildman–Crippen MR) is 191 cm³/mol. The van der Waals surface area contributed by atoms with Crippen LogP contribution in [0.3, 0.4) is 0 Å². The summed E-state index contributed by atoms with van der Waals surface area (Å²) in [6, 6.07) is 5.51. The molecule has 8 aliphatic rings. The van der Waals surface area contributed by atoms with Crippen molar-refractivity contribution in [1.82, 2.24) is 15.1 Å². The predicted octanol–water partition coefficient (Wildman–Crippen LogP) is 3.87. The number of carbonyl (C=O) groups is 2. The standard InChI is InChI=1S/C39H38N4O10S/c1-15-8-19-25(32(46)33(15)49-5)30-31-37-27-26(36-35(51-14-52-36)16(2)34(27)53-17(3)44)22(42(31)21(11-40)29-28(19)43(29)30)12-50-38(47)39(13-54-37)20-10-24(48-4)23(45)9-18(20)6-7-41-39/h8-10,21-22,28-31,37,41,45-46H,6-7,12-14H2,1-5H3/t21-,22-,28?,29?,30?,31?,37+,39+,43?/m0/s1. The second-order valence-electron chi connectivity index (χ2n) is 15.0. The Hall–Kier alpha value is -4.88. The van der Waals surface area contributed by atoms with Crippen molar-refractivity contribution in [2.75, 3.05) is 39.9 Å². The zero-order chi connectivity index (χ0) is 37.5. The van der Waals surface area contributed by atoms with Crippen LogP contribution in [0.15, 0.2) is 18.2 Å². The van der Waals surface area contributed by atoms with Crippen molar-refractivity contribution >= 4 is 23.7 Å². The van der Waals surface area contributed by atoms with Crippen LogP contribution >= 0.6 is 11.8 Å². The van der Waals surface area contributed by atoms with Gasteiger partial charge in [0.25, 0.3) is 0 Å². The van der Waals surface area contributed by atoms with Gasteiger partial charge in [0.1, 0.15) is 18.4 Å². The molecule has 8 aliphatic heterocycles. The second-order valence-corrected chi connectivity index (χ2v) is 16.1. The number of thioether (sulfide) groups is 1. The van der Waals surface area contributed by atoms with Gasteiger partial charge in [-0.2, -0.15) is 5.26 Å². The summed E-state index contributed by atoms with van der Waals surface area (Å²) in [5.74, 6) is 1.07. The van der Waals surface area contributed by atoms with Crippen LogP contribution < -0.4 is 29.0 Å². The van der Waals surface area contributed by atoms with Crippen molar-refractivity contribution in [2.24, 2.45) is 0 Å². The summed E-state index contributed by atoms with van der Waals surface area (Å²) in [6.07, 6.45) is 0.568. The van der Waals surface area contributed by atoms with Crippen LogP contribution in [0.1, 0.15) is 74.8 Å². The average molecular weight is 755 g/mol. The van der Waals surface area contributed by atoms with Crippen molar-refractivity contribution in [1.29, 1.82) is 5.26 Å². The number of carbonyl (C=O) groups excluding carboxylic acids is 2. The largest absolute Gasteiger partial charge is 0.504 e. The van der Waals surface area contributed by atoms with E-state index in [4.69, 9.17) is 28.4 Å². The number of aromatic hydroxyl groups is 2. The number of ether oxygens (including phenoxy) is 6. The molecule has 8 heterocycles. The lowest BCUT2D eigenvalue weighted by molar-refractivity contribution is -0.155. The van der Waals surface area contributed by atoms with Crippen LogP contribution in [0.5, 0.6) is 40.2 Å². The van der Waals surface area contributed by atoms with Crippen LogP contribution in [0.4, 0.5) is 0 Å². The van der Waals surface area contributed by atoms with E-state index >= 15 is 0 Å². The smallest absolute Gasteiger partial charge is 0.331 e. The summed E-state index contributed by atoms with van der Waals surface area (Å²) in [5.41, 5.74) is 4.56. The molecule has 9 atom stereocenters. The van der Waals surface area contributed by atoms with E-state index in [9.17, 15) is 25.1 Å². The Morgan fingerprint density at radius 1 is 1.02 bits per heavy atom. The lowest BCUT2D eigenvalue weighted by Crippen LogP contribution is -2.62. The maximum atomic E-state index is 14.7. The van der Waals surface area contributed by atoms with E-state index in [1.807, 2.05) is 13.8 Å². The topological polar surface area (TPSA) is 172 Å². The van der Waals surface area contributed by atoms with Gasteiger partial charge in [-0.05, 0) is 54.7 Å². The summed E-state index contributed by atoms with van der Waals surface area (Å²) in [7, 11) is 3.00. The number of esters is 2. The molecule has 2 bridgehead atoms. The van der Waals surface area contributed by atoms with Crippen molar-refractivity contribution in [2.45, 2.75) is 74.2 Å². The lowest BCUT2D eigenvalue weighted by atomic mass is 9.76. The number of fused-ring (bicyclic) bond motifs is 9. The maximum Gasteiger partial charge on any atom is 0.331 e. The first-order chi connectivity index (χ1) is 26.1. The fourth-order valence-corrected chi connectivity index (χ4v) is 12.1. The molecule has 11 rings (SSSR count). The highest BCUT2D eigenvalue weighted by molar-refractivity contribution is 7.99. The summed E-state index contributed by atoms with van der Waals surface area (Å²) in [5, 5.41) is 36.7. The summed E-state index contributed by atoms with van der Waals surface area (Å²) < 4.78 is 36.0. The van der Waals surface area contributed by atoms with Gasteiger partial charge in [-0.1, -0.05) is 6.07 Å². The fraction of sp³-hybridized carbons (Fsp3) is 0.462. The van der Waals surface area contributed by atoms with E-state index in [0.717, 1.165) is 22.3 Å². The molecule has 3 fully saturated rings. The Kier molecular flexibility index (Phi) is 7.21. The summed E-state index contributed by atoms with van der Waals surface area (Å²) in [4.78, 5) is 32.1. The second kappa shape index (κ2) is 11.6. The van der Waals surface area contributed by atoms with E-state index in [0.29, 0.717) is 58.2 Å². The molecule has 0 saturated carbocycles. The molecule has 3 aromatic rings. The van der Waals surface area contributed by atoms with Crippen molar-refractivity contribution in [3.63, 3.8) is 0 Å². The van der Waals surface area contributed by atoms with Crippen molar-refractivity contribution in [3.8, 4) is 46.3 Å². The lowest BCUT2D eigenvalue weighted by Gasteiger charge is -2.55. The van der Waals surface area contributed by atoms with Gasteiger partial charge in [0.05, 0.1) is 49.7 Å². The molecule has 0 radical (unpaired) electrons. The van der Waals surface area contributed by atoms with E-state index < -0.39 is 46.9 Å². The first-order valence-corrected chi connectivity index (χ1v) is 19.0. The minimum Gasteiger partial charge on any atom is -0.504 e. The quantitative estimate of drug-likeness (QED) is 0.200. The molecule has 14 nitrogen and oxygen atoms in total. The number of phenols is 2. The van der Waals surface area contributed by atoms with Gasteiger partial charge in [0.2, 0.25) is 6.79 Å². The summed E-state index contributed by atoms with van der Waals surface area (Å²) >= 11 is 1.49. The van der Waals surface area contributed by atoms with E-state index in [1.165, 1.54) is 32.9 Å². The Labute approximate surface area is 314 Å². The van der Waals surface area contributed by atoms with Gasteiger partial charge >= 0.3 is 11.9 Å². The molecule has 3 saturated heterocycles. The van der Waals surface area contributed by atoms with Crippen LogP contribution in [-0.4, -0.2) is 90.0 Å². The number of piperazine rings is 1. The first kappa shape index (κ1) is 33.7. The van der Waals surface area contributed by atoms with Crippen LogP contribution in [0.2, 0.25) is 0 Å². The van der Waals surface area contributed by atoms with Crippen LogP contribution in [0.25, 0.3) is 0 Å². The molecule has 0 aliphatic carbocycles. The molecule has 280 valence electrons. The highest BCUT2D eigenvalue weighted by Crippen LogP contribution is 2.72. The number of nitrogens with zero attached hydrogens (tertiary/aromatic N) is 3. The van der Waals surface area contributed by atoms with Gasteiger partial charge in [-0.15, -0.1) is 11.8 Å². The zero-order valence-corrected chi connectivity index (χ0v) is 31.0. The number of nitrogens with one attached hydrogen (secondary N) is 1. The van der Waals surface area contributed by atoms with Crippen molar-refractivity contribution in [3.05, 3.63) is 62.7 Å². The zero-order valence-electron chi connectivity index (χ0n) is 30.2. The third kappa shape index (κ3) is 4.17. The molecule has 1 spiro atoms. The average Bonchev–Trinajstić information content (AvgIpc) is 3.49. The molecule has 0 aromatic heterocycles. The minimum absolute atomic E-state index is 0.0203. The molecular weight excluding hydrogens is 717 g/mol. The third-order valence-electron chi connectivity index (χ3n) is 12.5. The molecular formula is C39H38N4O10S. The Morgan fingerprint density at radius 3 is 2.56 bits per heavy atom. The Balaban J connectivity index is 1.24. The normalized spacial score (nSPS) is 32.0. The van der Waals surface area contributed by atoms with Gasteiger partial charge in [0.15, 0.2) is 40.0 Å². The molecule has 0 amide bonds. The van der Waals surface area contributed by atoms with Gasteiger partial charge in [0, 0.05) is 47.5 Å². The Morgan fingerprint density at radius 2 is 1.81 bits per heavy atom. The fourth-order valence-electron chi connectivity index (χ4n) is 10.4. The molecule has 3 N–H and O–H groups in total. The molecule has 54 heavy (non-hydrogen) atoms. The monoisotopic (exact) mass is 754 g/mol. The van der Waals surface area contributed by atoms with Crippen molar-refractivity contribution < 1.29 is 48.2 Å². The van der Waals surface area contributed by atoms with Gasteiger partial charge in [-0.25, -0.2) is 4.79 Å². The van der Waals surface area contributed by atoms with Gasteiger partial charge in [-0.3, -0.25) is 19.9 Å². The van der Waals surface area contributed by atoms with E-state index in [1.54, 1.807) is 12.1 Å². The number of nitriles is 1. The van der Waals surface area contributed by atoms with Crippen LogP contribution in [-0.2, 0) is 26.3 Å². The summed E-state index contributed by atoms with van der Waals surface area (Å²) in [6.45, 7) is 5.32. The number of methoxy groups -OCH3 is 2.